The Bertz CT molecular complexity index is 840. The second-order valence-electron chi connectivity index (χ2n) is 5.84. The molecule has 25 heavy (non-hydrogen) atoms. The summed E-state index contributed by atoms with van der Waals surface area (Å²) in [7, 11) is 1.61. The number of fused-ring (bicyclic) bond motifs is 1. The van der Waals surface area contributed by atoms with Crippen LogP contribution in [0, 0.1) is 0 Å². The summed E-state index contributed by atoms with van der Waals surface area (Å²) in [6.45, 7) is 2.31. The molecule has 5 nitrogen and oxygen atoms in total. The minimum Gasteiger partial charge on any atom is -0.497 e. The molecule has 0 aliphatic heterocycles. The van der Waals surface area contributed by atoms with Gasteiger partial charge in [0, 0.05) is 23.6 Å². The van der Waals surface area contributed by atoms with Crippen molar-refractivity contribution in [3.63, 3.8) is 0 Å². The Morgan fingerprint density at radius 2 is 1.84 bits per heavy atom. The number of carbonyl (C=O) groups is 1. The number of hydrogen-bond donors (Lipinski definition) is 2. The second kappa shape index (κ2) is 7.75. The molecule has 0 saturated heterocycles. The van der Waals surface area contributed by atoms with Crippen molar-refractivity contribution < 1.29 is 14.3 Å². The Labute approximate surface area is 147 Å². The van der Waals surface area contributed by atoms with E-state index in [1.54, 1.807) is 38.3 Å². The molecule has 2 N–H and O–H groups in total. The lowest BCUT2D eigenvalue weighted by atomic mass is 10.1. The summed E-state index contributed by atoms with van der Waals surface area (Å²) in [5, 5.41) is 4.12. The summed E-state index contributed by atoms with van der Waals surface area (Å²) in [4.78, 5) is 15.4. The third-order valence-corrected chi connectivity index (χ3v) is 4.11. The molecule has 3 rings (SSSR count). The van der Waals surface area contributed by atoms with E-state index in [0.29, 0.717) is 12.3 Å². The van der Waals surface area contributed by atoms with Gasteiger partial charge in [-0.2, -0.15) is 0 Å². The highest BCUT2D eigenvalue weighted by Gasteiger charge is 2.14. The number of para-hydroxylation sites is 1. The van der Waals surface area contributed by atoms with Crippen LogP contribution in [-0.4, -0.2) is 30.6 Å². The van der Waals surface area contributed by atoms with Crippen LogP contribution in [0.3, 0.4) is 0 Å². The van der Waals surface area contributed by atoms with Crippen LogP contribution in [0.4, 0.5) is 0 Å². The summed E-state index contributed by atoms with van der Waals surface area (Å²) >= 11 is 0. The van der Waals surface area contributed by atoms with E-state index in [9.17, 15) is 4.79 Å². The molecular weight excluding hydrogens is 316 g/mol. The van der Waals surface area contributed by atoms with Crippen molar-refractivity contribution in [3.05, 3.63) is 60.3 Å². The molecule has 0 radical (unpaired) electrons. The van der Waals surface area contributed by atoms with Crippen LogP contribution in [0.25, 0.3) is 10.9 Å². The maximum absolute atomic E-state index is 12.2. The van der Waals surface area contributed by atoms with Crippen LogP contribution in [-0.2, 0) is 11.2 Å². The number of benzene rings is 2. The molecule has 0 saturated carbocycles. The maximum atomic E-state index is 12.2. The fourth-order valence-corrected chi connectivity index (χ4v) is 2.71. The highest BCUT2D eigenvalue weighted by atomic mass is 16.5. The molecule has 1 atom stereocenters. The smallest absolute Gasteiger partial charge is 0.260 e. The van der Waals surface area contributed by atoms with Crippen LogP contribution in [0.2, 0.25) is 0 Å². The first-order chi connectivity index (χ1) is 12.2. The van der Waals surface area contributed by atoms with Crippen molar-refractivity contribution in [2.24, 2.45) is 0 Å². The highest BCUT2D eigenvalue weighted by Crippen LogP contribution is 2.19. The van der Waals surface area contributed by atoms with Crippen molar-refractivity contribution in [3.8, 4) is 11.5 Å². The second-order valence-corrected chi connectivity index (χ2v) is 5.84. The van der Waals surface area contributed by atoms with Crippen LogP contribution in [0.15, 0.2) is 54.7 Å². The Hall–Kier alpha value is -2.95. The summed E-state index contributed by atoms with van der Waals surface area (Å²) < 4.78 is 10.8. The van der Waals surface area contributed by atoms with Crippen molar-refractivity contribution in [1.29, 1.82) is 0 Å². The number of methoxy groups -OCH3 is 1. The van der Waals surface area contributed by atoms with Crippen molar-refractivity contribution >= 4 is 16.8 Å². The summed E-state index contributed by atoms with van der Waals surface area (Å²) in [5.74, 6) is 1.26. The largest absolute Gasteiger partial charge is 0.497 e. The molecule has 2 aromatic carbocycles. The van der Waals surface area contributed by atoms with E-state index in [1.165, 1.54) is 10.9 Å². The van der Waals surface area contributed by atoms with E-state index in [4.69, 9.17) is 9.47 Å². The van der Waals surface area contributed by atoms with Crippen LogP contribution < -0.4 is 14.8 Å². The summed E-state index contributed by atoms with van der Waals surface area (Å²) in [6.07, 6.45) is 2.20. The van der Waals surface area contributed by atoms with Crippen LogP contribution >= 0.6 is 0 Å². The predicted octanol–water partition coefficient (Wildman–Crippen LogP) is 3.30. The highest BCUT2D eigenvalue weighted by molar-refractivity contribution is 5.83. The number of carbonyl (C=O) groups excluding carboxylic acids is 1. The first-order valence-electron chi connectivity index (χ1n) is 8.31. The minimum atomic E-state index is -0.559. The van der Waals surface area contributed by atoms with Gasteiger partial charge in [0.1, 0.15) is 11.5 Å². The van der Waals surface area contributed by atoms with Crippen molar-refractivity contribution in [2.75, 3.05) is 13.7 Å². The Kier molecular flexibility index (Phi) is 5.23. The van der Waals surface area contributed by atoms with Gasteiger partial charge in [-0.1, -0.05) is 18.2 Å². The molecule has 1 heterocycles. The lowest BCUT2D eigenvalue weighted by molar-refractivity contribution is -0.127. The van der Waals surface area contributed by atoms with Gasteiger partial charge in [-0.05, 0) is 49.2 Å². The Morgan fingerprint density at radius 1 is 1.12 bits per heavy atom. The van der Waals surface area contributed by atoms with E-state index in [1.807, 2.05) is 24.4 Å². The van der Waals surface area contributed by atoms with E-state index in [-0.39, 0.29) is 5.91 Å². The van der Waals surface area contributed by atoms with E-state index < -0.39 is 6.10 Å². The lowest BCUT2D eigenvalue weighted by Crippen LogP contribution is -2.37. The van der Waals surface area contributed by atoms with Crippen LogP contribution in [0.1, 0.15) is 12.5 Å². The topological polar surface area (TPSA) is 63.4 Å². The van der Waals surface area contributed by atoms with Gasteiger partial charge in [0.05, 0.1) is 7.11 Å². The zero-order chi connectivity index (χ0) is 17.6. The van der Waals surface area contributed by atoms with Gasteiger partial charge in [-0.3, -0.25) is 4.79 Å². The molecule has 3 aromatic rings. The molecule has 0 aliphatic rings. The average Bonchev–Trinajstić information content (AvgIpc) is 3.05. The fourth-order valence-electron chi connectivity index (χ4n) is 2.71. The third-order valence-electron chi connectivity index (χ3n) is 4.11. The van der Waals surface area contributed by atoms with Gasteiger partial charge < -0.3 is 19.8 Å². The van der Waals surface area contributed by atoms with Crippen LogP contribution in [0.5, 0.6) is 11.5 Å². The molecule has 1 aromatic heterocycles. The number of hydrogen-bond acceptors (Lipinski definition) is 3. The molecule has 1 unspecified atom stereocenters. The molecule has 1 amide bonds. The average molecular weight is 338 g/mol. The fraction of sp³-hybridized carbons (Fsp3) is 0.250. The van der Waals surface area contributed by atoms with Gasteiger partial charge in [0.15, 0.2) is 6.10 Å². The Balaban J connectivity index is 1.49. The van der Waals surface area contributed by atoms with Gasteiger partial charge >= 0.3 is 0 Å². The molecular formula is C20H22N2O3. The molecule has 5 heteroatoms. The monoisotopic (exact) mass is 338 g/mol. The SMILES string of the molecule is COc1ccc(OC(C)C(=O)NCCc2c[nH]c3ccccc23)cc1. The summed E-state index contributed by atoms with van der Waals surface area (Å²) in [5.41, 5.74) is 2.31. The molecule has 0 fully saturated rings. The van der Waals surface area contributed by atoms with E-state index in [0.717, 1.165) is 17.7 Å². The molecule has 130 valence electrons. The first kappa shape index (κ1) is 16.9. The minimum absolute atomic E-state index is 0.129. The number of nitrogens with one attached hydrogen (secondary N) is 2. The number of aromatic nitrogens is 1. The quantitative estimate of drug-likeness (QED) is 0.695. The zero-order valence-corrected chi connectivity index (χ0v) is 14.4. The van der Waals surface area contributed by atoms with Gasteiger partial charge in [-0.25, -0.2) is 0 Å². The van der Waals surface area contributed by atoms with Gasteiger partial charge in [0.2, 0.25) is 0 Å². The van der Waals surface area contributed by atoms with Crippen molar-refractivity contribution in [2.45, 2.75) is 19.4 Å². The number of aromatic amines is 1. The number of ether oxygens (including phenoxy) is 2. The molecule has 0 bridgehead atoms. The summed E-state index contributed by atoms with van der Waals surface area (Å²) in [6, 6.07) is 15.3. The van der Waals surface area contributed by atoms with Gasteiger partial charge in [0.25, 0.3) is 5.91 Å². The number of amides is 1. The van der Waals surface area contributed by atoms with E-state index >= 15 is 0 Å². The van der Waals surface area contributed by atoms with Gasteiger partial charge in [-0.15, -0.1) is 0 Å². The molecule has 0 spiro atoms. The molecule has 0 aliphatic carbocycles. The number of rotatable bonds is 7. The zero-order valence-electron chi connectivity index (χ0n) is 14.4. The van der Waals surface area contributed by atoms with Crippen molar-refractivity contribution in [1.82, 2.24) is 10.3 Å². The number of H-pyrrole nitrogens is 1. The van der Waals surface area contributed by atoms with E-state index in [2.05, 4.69) is 16.4 Å². The normalized spacial score (nSPS) is 11.9. The lowest BCUT2D eigenvalue weighted by Gasteiger charge is -2.15. The predicted molar refractivity (Wildman–Crippen MR) is 98.1 cm³/mol. The first-order valence-corrected chi connectivity index (χ1v) is 8.31. The third kappa shape index (κ3) is 4.12. The maximum Gasteiger partial charge on any atom is 0.260 e. The standard InChI is InChI=1S/C20H22N2O3/c1-14(25-17-9-7-16(24-2)8-10-17)20(23)21-12-11-15-13-22-19-6-4-3-5-18(15)19/h3-10,13-14,22H,11-12H2,1-2H3,(H,21,23). The Morgan fingerprint density at radius 3 is 2.60 bits per heavy atom.